The van der Waals surface area contributed by atoms with Gasteiger partial charge in [-0.3, -0.25) is 4.68 Å². The van der Waals surface area contributed by atoms with E-state index in [2.05, 4.69) is 28.0 Å². The molecule has 0 saturated heterocycles. The molecular weight excluding hydrogens is 350 g/mol. The first-order chi connectivity index (χ1) is 9.93. The van der Waals surface area contributed by atoms with Crippen LogP contribution in [0.5, 0.6) is 5.75 Å². The van der Waals surface area contributed by atoms with E-state index in [0.29, 0.717) is 11.6 Å². The van der Waals surface area contributed by atoms with E-state index in [9.17, 15) is 0 Å². The number of aromatic nitrogens is 2. The standard InChI is InChI=1S/C15H18BrN3OS/c1-4-11-14(16)12(19(3)18-11)8-20-13-7-10(15(17)21)6-5-9(13)2/h5-7H,4,8H2,1-3H3,(H2,17,21). The molecule has 0 amide bonds. The van der Waals surface area contributed by atoms with Gasteiger partial charge in [0.15, 0.2) is 0 Å². The zero-order valence-electron chi connectivity index (χ0n) is 12.3. The zero-order chi connectivity index (χ0) is 15.6. The lowest BCUT2D eigenvalue weighted by Crippen LogP contribution is -2.10. The summed E-state index contributed by atoms with van der Waals surface area (Å²) in [6, 6.07) is 5.74. The first-order valence-electron chi connectivity index (χ1n) is 6.67. The molecule has 21 heavy (non-hydrogen) atoms. The zero-order valence-corrected chi connectivity index (χ0v) is 14.7. The number of rotatable bonds is 5. The Hall–Kier alpha value is -1.40. The lowest BCUT2D eigenvalue weighted by atomic mass is 10.1. The molecule has 1 aromatic carbocycles. The molecule has 1 aromatic heterocycles. The summed E-state index contributed by atoms with van der Waals surface area (Å²) in [5, 5.41) is 4.46. The average molecular weight is 368 g/mol. The average Bonchev–Trinajstić information content (AvgIpc) is 2.72. The predicted molar refractivity (Wildman–Crippen MR) is 91.7 cm³/mol. The molecular formula is C15H18BrN3OS. The van der Waals surface area contributed by atoms with Gasteiger partial charge < -0.3 is 10.5 Å². The van der Waals surface area contributed by atoms with Crippen molar-refractivity contribution in [2.24, 2.45) is 12.8 Å². The van der Waals surface area contributed by atoms with Crippen LogP contribution in [0.1, 0.15) is 29.4 Å². The van der Waals surface area contributed by atoms with Gasteiger partial charge in [0.1, 0.15) is 17.3 Å². The van der Waals surface area contributed by atoms with Crippen molar-refractivity contribution in [3.8, 4) is 5.75 Å². The minimum Gasteiger partial charge on any atom is -0.487 e. The molecule has 0 spiro atoms. The van der Waals surface area contributed by atoms with Gasteiger partial charge in [0.2, 0.25) is 0 Å². The molecule has 0 bridgehead atoms. The summed E-state index contributed by atoms with van der Waals surface area (Å²) >= 11 is 8.59. The molecule has 4 nitrogen and oxygen atoms in total. The lowest BCUT2D eigenvalue weighted by molar-refractivity contribution is 0.292. The van der Waals surface area contributed by atoms with E-state index >= 15 is 0 Å². The maximum atomic E-state index is 5.93. The van der Waals surface area contributed by atoms with Crippen LogP contribution >= 0.6 is 28.1 Å². The summed E-state index contributed by atoms with van der Waals surface area (Å²) in [6.07, 6.45) is 0.879. The largest absolute Gasteiger partial charge is 0.487 e. The number of thiocarbonyl (C=S) groups is 1. The van der Waals surface area contributed by atoms with Crippen molar-refractivity contribution in [2.75, 3.05) is 0 Å². The first kappa shape index (κ1) is 16.0. The summed E-state index contributed by atoms with van der Waals surface area (Å²) in [4.78, 5) is 0.370. The fraction of sp³-hybridized carbons (Fsp3) is 0.333. The Morgan fingerprint density at radius 1 is 1.48 bits per heavy atom. The molecule has 0 aliphatic carbocycles. The van der Waals surface area contributed by atoms with Gasteiger partial charge in [-0.1, -0.05) is 31.3 Å². The highest BCUT2D eigenvalue weighted by Crippen LogP contribution is 2.25. The van der Waals surface area contributed by atoms with Gasteiger partial charge in [0.25, 0.3) is 0 Å². The van der Waals surface area contributed by atoms with Gasteiger partial charge in [-0.25, -0.2) is 0 Å². The van der Waals surface area contributed by atoms with Crippen LogP contribution in [0.15, 0.2) is 22.7 Å². The minimum atomic E-state index is 0.370. The van der Waals surface area contributed by atoms with Gasteiger partial charge >= 0.3 is 0 Å². The summed E-state index contributed by atoms with van der Waals surface area (Å²) < 4.78 is 8.78. The fourth-order valence-corrected chi connectivity index (χ4v) is 2.89. The van der Waals surface area contributed by atoms with Gasteiger partial charge in [0, 0.05) is 12.6 Å². The van der Waals surface area contributed by atoms with Crippen LogP contribution in [-0.4, -0.2) is 14.8 Å². The minimum absolute atomic E-state index is 0.370. The normalized spacial score (nSPS) is 10.7. The summed E-state index contributed by atoms with van der Waals surface area (Å²) in [6.45, 7) is 4.51. The topological polar surface area (TPSA) is 53.1 Å². The Morgan fingerprint density at radius 2 is 2.19 bits per heavy atom. The number of hydrogen-bond acceptors (Lipinski definition) is 3. The SMILES string of the molecule is CCc1nn(C)c(COc2cc(C(N)=S)ccc2C)c1Br. The first-order valence-corrected chi connectivity index (χ1v) is 7.87. The summed E-state index contributed by atoms with van der Waals surface area (Å²) in [5.74, 6) is 0.784. The second kappa shape index (κ2) is 6.58. The van der Waals surface area contributed by atoms with Crippen LogP contribution in [0.25, 0.3) is 0 Å². The van der Waals surface area contributed by atoms with E-state index in [1.807, 2.05) is 36.9 Å². The molecule has 2 rings (SSSR count). The second-order valence-electron chi connectivity index (χ2n) is 4.82. The molecule has 112 valence electrons. The van der Waals surface area contributed by atoms with E-state index in [0.717, 1.165) is 39.2 Å². The van der Waals surface area contributed by atoms with E-state index in [4.69, 9.17) is 22.7 Å². The van der Waals surface area contributed by atoms with Crippen molar-refractivity contribution in [2.45, 2.75) is 26.9 Å². The second-order valence-corrected chi connectivity index (χ2v) is 6.05. The molecule has 2 N–H and O–H groups in total. The molecule has 0 aliphatic rings. The Balaban J connectivity index is 2.22. The molecule has 0 saturated carbocycles. The number of nitrogens with zero attached hydrogens (tertiary/aromatic N) is 2. The van der Waals surface area contributed by atoms with E-state index in [1.54, 1.807) is 0 Å². The van der Waals surface area contributed by atoms with Crippen molar-refractivity contribution in [3.63, 3.8) is 0 Å². The van der Waals surface area contributed by atoms with Crippen LogP contribution < -0.4 is 10.5 Å². The Bertz CT molecular complexity index is 682. The van der Waals surface area contributed by atoms with Gasteiger partial charge in [-0.15, -0.1) is 0 Å². The van der Waals surface area contributed by atoms with Crippen molar-refractivity contribution < 1.29 is 4.74 Å². The van der Waals surface area contributed by atoms with Crippen LogP contribution in [0.4, 0.5) is 0 Å². The van der Waals surface area contributed by atoms with Crippen molar-refractivity contribution in [1.29, 1.82) is 0 Å². The molecule has 0 aliphatic heterocycles. The Labute approximate surface area is 138 Å². The smallest absolute Gasteiger partial charge is 0.131 e. The lowest BCUT2D eigenvalue weighted by Gasteiger charge is -2.11. The van der Waals surface area contributed by atoms with E-state index < -0.39 is 0 Å². The van der Waals surface area contributed by atoms with Crippen molar-refractivity contribution >= 4 is 33.1 Å². The molecule has 0 unspecified atom stereocenters. The summed E-state index contributed by atoms with van der Waals surface area (Å²) in [7, 11) is 1.92. The number of halogens is 1. The Kier molecular flexibility index (Phi) is 5.00. The molecule has 6 heteroatoms. The number of hydrogen-bond donors (Lipinski definition) is 1. The quantitative estimate of drug-likeness (QED) is 0.823. The highest BCUT2D eigenvalue weighted by atomic mass is 79.9. The number of nitrogens with two attached hydrogens (primary N) is 1. The molecule has 2 aromatic rings. The van der Waals surface area contributed by atoms with E-state index in [-0.39, 0.29) is 0 Å². The molecule has 1 heterocycles. The maximum absolute atomic E-state index is 5.93. The number of ether oxygens (including phenoxy) is 1. The Morgan fingerprint density at radius 3 is 2.76 bits per heavy atom. The molecule has 0 atom stereocenters. The number of aryl methyl sites for hydroxylation is 3. The highest BCUT2D eigenvalue weighted by molar-refractivity contribution is 9.10. The third kappa shape index (κ3) is 3.44. The van der Waals surface area contributed by atoms with Gasteiger partial charge in [0.05, 0.1) is 15.9 Å². The summed E-state index contributed by atoms with van der Waals surface area (Å²) in [5.41, 5.74) is 9.56. The number of benzene rings is 1. The van der Waals surface area contributed by atoms with Crippen LogP contribution in [0, 0.1) is 6.92 Å². The molecule has 0 radical (unpaired) electrons. The maximum Gasteiger partial charge on any atom is 0.131 e. The predicted octanol–water partition coefficient (Wildman–Crippen LogP) is 3.27. The third-order valence-corrected chi connectivity index (χ3v) is 4.49. The monoisotopic (exact) mass is 367 g/mol. The van der Waals surface area contributed by atoms with Crippen LogP contribution in [-0.2, 0) is 20.1 Å². The van der Waals surface area contributed by atoms with Gasteiger partial charge in [-0.05, 0) is 40.9 Å². The van der Waals surface area contributed by atoms with Gasteiger partial charge in [-0.2, -0.15) is 5.10 Å². The third-order valence-electron chi connectivity index (χ3n) is 3.34. The van der Waals surface area contributed by atoms with Crippen molar-refractivity contribution in [1.82, 2.24) is 9.78 Å². The highest BCUT2D eigenvalue weighted by Gasteiger charge is 2.13. The van der Waals surface area contributed by atoms with Crippen LogP contribution in [0.3, 0.4) is 0 Å². The fourth-order valence-electron chi connectivity index (χ4n) is 2.03. The van der Waals surface area contributed by atoms with Crippen molar-refractivity contribution in [3.05, 3.63) is 45.2 Å². The van der Waals surface area contributed by atoms with Crippen LogP contribution in [0.2, 0.25) is 0 Å². The van der Waals surface area contributed by atoms with E-state index in [1.165, 1.54) is 0 Å². The molecule has 0 fully saturated rings.